The molecule has 7 nitrogen and oxygen atoms in total. The second-order valence-corrected chi connectivity index (χ2v) is 9.96. The highest BCUT2D eigenvalue weighted by Crippen LogP contribution is 2.37. The van der Waals surface area contributed by atoms with Crippen LogP contribution in [0.15, 0.2) is 35.6 Å². The van der Waals surface area contributed by atoms with Gasteiger partial charge in [-0.25, -0.2) is 0 Å². The van der Waals surface area contributed by atoms with Crippen LogP contribution in [0.1, 0.15) is 63.7 Å². The van der Waals surface area contributed by atoms with Gasteiger partial charge in [0.25, 0.3) is 0 Å². The van der Waals surface area contributed by atoms with E-state index in [0.717, 1.165) is 0 Å². The van der Waals surface area contributed by atoms with Crippen LogP contribution in [0.2, 0.25) is 0 Å². The first kappa shape index (κ1) is 22.9. The number of carbonyl (C=O) groups excluding carboxylic acids is 4. The van der Waals surface area contributed by atoms with Crippen LogP contribution in [-0.4, -0.2) is 34.8 Å². The molecular weight excluding hydrogens is 400 g/mol. The number of hydrogen-bond donors (Lipinski definition) is 1. The maximum Gasteiger partial charge on any atom is 0.184 e. The van der Waals surface area contributed by atoms with E-state index in [9.17, 15) is 24.3 Å². The molecular formula is C24H28O7. The summed E-state index contributed by atoms with van der Waals surface area (Å²) in [5.41, 5.74) is -0.578. The van der Waals surface area contributed by atoms with Crippen molar-refractivity contribution in [3.8, 4) is 5.75 Å². The van der Waals surface area contributed by atoms with E-state index < -0.39 is 28.7 Å². The Balaban J connectivity index is 1.73. The van der Waals surface area contributed by atoms with E-state index in [1.807, 2.05) is 27.7 Å². The molecule has 0 amide bonds. The molecule has 0 aromatic heterocycles. The number of hydrogen-bond acceptors (Lipinski definition) is 7. The highest BCUT2D eigenvalue weighted by atomic mass is 17.2. The van der Waals surface area contributed by atoms with Crippen molar-refractivity contribution in [2.45, 2.75) is 53.4 Å². The lowest BCUT2D eigenvalue weighted by molar-refractivity contribution is -0.199. The molecule has 0 bridgehead atoms. The van der Waals surface area contributed by atoms with Crippen molar-refractivity contribution in [1.82, 2.24) is 0 Å². The molecule has 0 heterocycles. The predicted octanol–water partition coefficient (Wildman–Crippen LogP) is 3.96. The third kappa shape index (κ3) is 5.10. The van der Waals surface area contributed by atoms with E-state index in [-0.39, 0.29) is 59.7 Å². The van der Waals surface area contributed by atoms with E-state index in [1.165, 1.54) is 12.1 Å². The van der Waals surface area contributed by atoms with Gasteiger partial charge in [-0.05, 0) is 23.0 Å². The zero-order valence-electron chi connectivity index (χ0n) is 18.3. The van der Waals surface area contributed by atoms with Crippen molar-refractivity contribution in [1.29, 1.82) is 0 Å². The summed E-state index contributed by atoms with van der Waals surface area (Å²) >= 11 is 0. The van der Waals surface area contributed by atoms with Gasteiger partial charge in [0.15, 0.2) is 28.9 Å². The van der Waals surface area contributed by atoms with Gasteiger partial charge in [-0.15, -0.1) is 0 Å². The van der Waals surface area contributed by atoms with E-state index in [0.29, 0.717) is 6.42 Å². The lowest BCUT2D eigenvalue weighted by atomic mass is 9.69. The van der Waals surface area contributed by atoms with Gasteiger partial charge in [0.2, 0.25) is 0 Å². The first-order valence-electron chi connectivity index (χ1n) is 10.3. The Bertz CT molecular complexity index is 948. The number of aliphatic hydroxyl groups is 1. The molecule has 0 radical (unpaired) electrons. The lowest BCUT2D eigenvalue weighted by Gasteiger charge is -2.31. The van der Waals surface area contributed by atoms with Crippen LogP contribution in [0.3, 0.4) is 0 Å². The first-order chi connectivity index (χ1) is 14.4. The molecule has 1 fully saturated rings. The van der Waals surface area contributed by atoms with Gasteiger partial charge in [-0.2, -0.15) is 4.89 Å². The van der Waals surface area contributed by atoms with Gasteiger partial charge in [-0.3, -0.25) is 19.2 Å². The number of ketones is 4. The fourth-order valence-electron chi connectivity index (χ4n) is 4.22. The van der Waals surface area contributed by atoms with Crippen molar-refractivity contribution < 1.29 is 34.1 Å². The summed E-state index contributed by atoms with van der Waals surface area (Å²) in [5, 5.41) is 10.2. The van der Waals surface area contributed by atoms with Gasteiger partial charge < -0.3 is 9.99 Å². The van der Waals surface area contributed by atoms with Crippen molar-refractivity contribution in [3.05, 3.63) is 41.2 Å². The van der Waals surface area contributed by atoms with Crippen LogP contribution in [0.25, 0.3) is 0 Å². The maximum atomic E-state index is 13.0. The minimum absolute atomic E-state index is 0.0322. The monoisotopic (exact) mass is 428 g/mol. The number of rotatable bonds is 6. The fraction of sp³-hybridized carbons (Fsp3) is 0.500. The van der Waals surface area contributed by atoms with E-state index in [1.54, 1.807) is 12.1 Å². The second-order valence-electron chi connectivity index (χ2n) is 9.96. The molecule has 0 spiro atoms. The molecule has 7 heteroatoms. The first-order valence-corrected chi connectivity index (χ1v) is 10.3. The summed E-state index contributed by atoms with van der Waals surface area (Å²) in [6.07, 6.45) is 0.947. The van der Waals surface area contributed by atoms with Crippen LogP contribution in [0.5, 0.6) is 5.75 Å². The van der Waals surface area contributed by atoms with Gasteiger partial charge >= 0.3 is 0 Å². The Morgan fingerprint density at radius 1 is 0.968 bits per heavy atom. The molecule has 3 rings (SSSR count). The third-order valence-corrected chi connectivity index (χ3v) is 5.69. The standard InChI is InChI=1S/C24H28O7/c1-23(2)9-16(25)15(17(26)10-23)13-30-31-20-8-6-5-7-14(20)22(29)21-18(27)11-24(3,4)12-19(21)28/h5-8,21,25H,9-13H2,1-4H3. The van der Waals surface area contributed by atoms with Crippen LogP contribution in [0.4, 0.5) is 0 Å². The molecule has 166 valence electrons. The average molecular weight is 428 g/mol. The molecule has 0 atom stereocenters. The molecule has 0 unspecified atom stereocenters. The molecule has 0 aliphatic heterocycles. The second kappa shape index (κ2) is 8.38. The number of para-hydroxylation sites is 1. The average Bonchev–Trinajstić information content (AvgIpc) is 2.61. The van der Waals surface area contributed by atoms with E-state index in [4.69, 9.17) is 9.78 Å². The summed E-state index contributed by atoms with van der Waals surface area (Å²) in [5.74, 6) is -2.96. The lowest BCUT2D eigenvalue weighted by Crippen LogP contribution is -2.41. The van der Waals surface area contributed by atoms with Gasteiger partial charge in [0.05, 0.1) is 11.1 Å². The van der Waals surface area contributed by atoms with Crippen molar-refractivity contribution in [3.63, 3.8) is 0 Å². The molecule has 0 saturated heterocycles. The quantitative estimate of drug-likeness (QED) is 0.316. The predicted molar refractivity (Wildman–Crippen MR) is 112 cm³/mol. The van der Waals surface area contributed by atoms with Crippen LogP contribution < -0.4 is 4.89 Å². The summed E-state index contributed by atoms with van der Waals surface area (Å²) in [6, 6.07) is 6.17. The Hall–Kier alpha value is -2.80. The summed E-state index contributed by atoms with van der Waals surface area (Å²) in [4.78, 5) is 60.8. The highest BCUT2D eigenvalue weighted by molar-refractivity contribution is 6.26. The Morgan fingerprint density at radius 2 is 1.55 bits per heavy atom. The number of benzene rings is 1. The number of aliphatic hydroxyl groups excluding tert-OH is 1. The number of carbonyl (C=O) groups is 4. The zero-order valence-corrected chi connectivity index (χ0v) is 18.3. The van der Waals surface area contributed by atoms with Crippen LogP contribution in [-0.2, 0) is 19.3 Å². The van der Waals surface area contributed by atoms with Gasteiger partial charge in [-0.1, -0.05) is 39.8 Å². The Kier molecular flexibility index (Phi) is 6.18. The molecule has 2 aliphatic rings. The molecule has 31 heavy (non-hydrogen) atoms. The van der Waals surface area contributed by atoms with Gasteiger partial charge in [0.1, 0.15) is 18.3 Å². The molecule has 1 aromatic carbocycles. The minimum Gasteiger partial charge on any atom is -0.512 e. The normalized spacial score (nSPS) is 21.4. The maximum absolute atomic E-state index is 13.0. The molecule has 1 saturated carbocycles. The highest BCUT2D eigenvalue weighted by Gasteiger charge is 2.44. The summed E-state index contributed by atoms with van der Waals surface area (Å²) in [7, 11) is 0. The largest absolute Gasteiger partial charge is 0.512 e. The van der Waals surface area contributed by atoms with E-state index in [2.05, 4.69) is 0 Å². The van der Waals surface area contributed by atoms with Crippen molar-refractivity contribution in [2.75, 3.05) is 6.61 Å². The van der Waals surface area contributed by atoms with Gasteiger partial charge in [0, 0.05) is 25.7 Å². The molecule has 1 aromatic rings. The van der Waals surface area contributed by atoms with Crippen LogP contribution >= 0.6 is 0 Å². The SMILES string of the molecule is CC1(C)CC(=O)C(C(=O)c2ccccc2OOCC2=C(O)CC(C)(C)CC2=O)C(=O)C1. The van der Waals surface area contributed by atoms with Crippen LogP contribution in [0, 0.1) is 16.7 Å². The zero-order chi connectivity index (χ0) is 23.0. The van der Waals surface area contributed by atoms with E-state index >= 15 is 0 Å². The molecule has 1 N–H and O–H groups in total. The third-order valence-electron chi connectivity index (χ3n) is 5.69. The Morgan fingerprint density at radius 3 is 2.16 bits per heavy atom. The van der Waals surface area contributed by atoms with Crippen molar-refractivity contribution >= 4 is 23.1 Å². The molecule has 2 aliphatic carbocycles. The summed E-state index contributed by atoms with van der Waals surface area (Å²) < 4.78 is 0. The number of Topliss-reactive ketones (excluding diaryl/α,β-unsaturated/α-hetero) is 4. The number of allylic oxidation sites excluding steroid dienone is 1. The summed E-state index contributed by atoms with van der Waals surface area (Å²) in [6.45, 7) is 7.16. The fourth-order valence-corrected chi connectivity index (χ4v) is 4.22. The minimum atomic E-state index is -1.34. The smallest absolute Gasteiger partial charge is 0.184 e. The Labute approximate surface area is 181 Å². The topological polar surface area (TPSA) is 107 Å². The van der Waals surface area contributed by atoms with Crippen molar-refractivity contribution in [2.24, 2.45) is 16.7 Å².